The van der Waals surface area contributed by atoms with E-state index >= 15 is 0 Å². The average molecular weight is 392 g/mol. The van der Waals surface area contributed by atoms with Crippen LogP contribution in [-0.4, -0.2) is 38.7 Å². The van der Waals surface area contributed by atoms with Crippen molar-refractivity contribution in [1.82, 2.24) is 19.8 Å². The molecule has 0 spiro atoms. The Bertz CT molecular complexity index is 907. The molecule has 7 heteroatoms. The van der Waals surface area contributed by atoms with Crippen molar-refractivity contribution in [2.45, 2.75) is 32.2 Å². The molecule has 3 amide bonds. The van der Waals surface area contributed by atoms with Crippen LogP contribution < -0.4 is 5.32 Å². The Morgan fingerprint density at radius 3 is 2.38 bits per heavy atom. The quantitative estimate of drug-likeness (QED) is 0.604. The van der Waals surface area contributed by atoms with Gasteiger partial charge in [0.25, 0.3) is 0 Å². The minimum atomic E-state index is -0.247. The van der Waals surface area contributed by atoms with E-state index in [-0.39, 0.29) is 48.6 Å². The highest BCUT2D eigenvalue weighted by Gasteiger charge is 2.46. The van der Waals surface area contributed by atoms with E-state index in [0.717, 1.165) is 11.3 Å². The number of hydrogen-bond donors (Lipinski definition) is 1. The van der Waals surface area contributed by atoms with Crippen LogP contribution in [0.3, 0.4) is 0 Å². The molecule has 7 nitrogen and oxygen atoms in total. The fourth-order valence-corrected chi connectivity index (χ4v) is 4.05. The SMILES string of the molecule is C[C@H](NC(=O)CCN1C(=O)[C@H]2CC=CC[C@H]2C1=O)c1ccc(-n2ccnc2)cc1. The van der Waals surface area contributed by atoms with Gasteiger partial charge < -0.3 is 9.88 Å². The van der Waals surface area contributed by atoms with E-state index in [4.69, 9.17) is 0 Å². The number of fused-ring (bicyclic) bond motifs is 1. The maximum absolute atomic E-state index is 12.5. The third kappa shape index (κ3) is 3.85. The molecule has 1 aromatic heterocycles. The number of hydrogen-bond acceptors (Lipinski definition) is 4. The molecule has 2 aromatic rings. The molecule has 1 aliphatic heterocycles. The van der Waals surface area contributed by atoms with Crippen LogP contribution >= 0.6 is 0 Å². The van der Waals surface area contributed by atoms with Crippen LogP contribution in [0.4, 0.5) is 0 Å². The first-order chi connectivity index (χ1) is 14.0. The third-order valence-electron chi connectivity index (χ3n) is 5.73. The van der Waals surface area contributed by atoms with Gasteiger partial charge in [-0.05, 0) is 37.5 Å². The lowest BCUT2D eigenvalue weighted by molar-refractivity contribution is -0.140. The minimum absolute atomic E-state index is 0.113. The van der Waals surface area contributed by atoms with Crippen LogP contribution in [-0.2, 0) is 14.4 Å². The summed E-state index contributed by atoms with van der Waals surface area (Å²) in [4.78, 5) is 42.6. The molecule has 2 aliphatic rings. The van der Waals surface area contributed by atoms with E-state index in [9.17, 15) is 14.4 Å². The number of likely N-dealkylation sites (tertiary alicyclic amines) is 1. The van der Waals surface area contributed by atoms with Crippen molar-refractivity contribution in [3.63, 3.8) is 0 Å². The first-order valence-electron chi connectivity index (χ1n) is 9.92. The number of imidazole rings is 1. The number of imide groups is 1. The zero-order chi connectivity index (χ0) is 20.4. The average Bonchev–Trinajstić information content (AvgIpc) is 3.35. The topological polar surface area (TPSA) is 84.3 Å². The van der Waals surface area contributed by atoms with Gasteiger partial charge in [-0.25, -0.2) is 4.98 Å². The van der Waals surface area contributed by atoms with Gasteiger partial charge in [0.1, 0.15) is 0 Å². The lowest BCUT2D eigenvalue weighted by atomic mass is 9.85. The molecule has 0 saturated carbocycles. The lowest BCUT2D eigenvalue weighted by Gasteiger charge is -2.17. The van der Waals surface area contributed by atoms with E-state index in [2.05, 4.69) is 10.3 Å². The van der Waals surface area contributed by atoms with Gasteiger partial charge in [-0.2, -0.15) is 0 Å². The standard InChI is InChI=1S/C22H24N4O3/c1-15(16-6-8-17(9-7-16)25-13-11-23-14-25)24-20(27)10-12-26-21(28)18-4-2-3-5-19(18)22(26)29/h2-3,6-9,11,13-15,18-19H,4-5,10,12H2,1H3,(H,24,27)/t15-,18-,19+/m0/s1. The first-order valence-corrected chi connectivity index (χ1v) is 9.92. The monoisotopic (exact) mass is 392 g/mol. The number of allylic oxidation sites excluding steroid dienone is 2. The molecule has 29 heavy (non-hydrogen) atoms. The van der Waals surface area contributed by atoms with Gasteiger partial charge in [0, 0.05) is 31.0 Å². The smallest absolute Gasteiger partial charge is 0.233 e. The normalized spacial score (nSPS) is 21.9. The fraction of sp³-hybridized carbons (Fsp3) is 0.364. The molecule has 2 heterocycles. The number of carbonyl (C=O) groups excluding carboxylic acids is 3. The van der Waals surface area contributed by atoms with Gasteiger partial charge in [-0.15, -0.1) is 0 Å². The number of carbonyl (C=O) groups is 3. The Labute approximate surface area is 169 Å². The Morgan fingerprint density at radius 1 is 1.14 bits per heavy atom. The number of aromatic nitrogens is 2. The molecule has 1 aliphatic carbocycles. The van der Waals surface area contributed by atoms with E-state index in [0.29, 0.717) is 12.8 Å². The maximum Gasteiger partial charge on any atom is 0.233 e. The molecule has 1 saturated heterocycles. The second-order valence-corrected chi connectivity index (χ2v) is 7.58. The minimum Gasteiger partial charge on any atom is -0.350 e. The molecule has 150 valence electrons. The van der Waals surface area contributed by atoms with Gasteiger partial charge in [0.05, 0.1) is 24.2 Å². The second kappa shape index (κ2) is 8.03. The Balaban J connectivity index is 1.30. The maximum atomic E-state index is 12.5. The van der Waals surface area contributed by atoms with Crippen molar-refractivity contribution in [3.05, 3.63) is 60.7 Å². The van der Waals surface area contributed by atoms with Crippen LogP contribution in [0.5, 0.6) is 0 Å². The summed E-state index contributed by atoms with van der Waals surface area (Å²) >= 11 is 0. The highest BCUT2D eigenvalue weighted by atomic mass is 16.2. The molecule has 1 N–H and O–H groups in total. The van der Waals surface area contributed by atoms with E-state index in [1.165, 1.54) is 4.90 Å². The van der Waals surface area contributed by atoms with Crippen molar-refractivity contribution in [3.8, 4) is 5.69 Å². The number of rotatable bonds is 6. The highest BCUT2D eigenvalue weighted by Crippen LogP contribution is 2.35. The predicted octanol–water partition coefficient (Wildman–Crippen LogP) is 2.39. The van der Waals surface area contributed by atoms with Crippen molar-refractivity contribution in [2.24, 2.45) is 11.8 Å². The molecule has 3 atom stereocenters. The number of nitrogens with one attached hydrogen (secondary N) is 1. The summed E-state index contributed by atoms with van der Waals surface area (Å²) in [5.74, 6) is -0.947. The van der Waals surface area contributed by atoms with Crippen molar-refractivity contribution < 1.29 is 14.4 Å². The summed E-state index contributed by atoms with van der Waals surface area (Å²) in [7, 11) is 0. The van der Waals surface area contributed by atoms with Crippen LogP contribution in [0.1, 0.15) is 37.8 Å². The highest BCUT2D eigenvalue weighted by molar-refractivity contribution is 6.05. The molecule has 0 bridgehead atoms. The summed E-state index contributed by atoms with van der Waals surface area (Å²) in [6.45, 7) is 2.05. The van der Waals surface area contributed by atoms with E-state index < -0.39 is 0 Å². The molecule has 0 radical (unpaired) electrons. The third-order valence-corrected chi connectivity index (χ3v) is 5.73. The van der Waals surface area contributed by atoms with Crippen LogP contribution in [0.15, 0.2) is 55.1 Å². The van der Waals surface area contributed by atoms with Crippen LogP contribution in [0.2, 0.25) is 0 Å². The van der Waals surface area contributed by atoms with Crippen molar-refractivity contribution in [2.75, 3.05) is 6.54 Å². The van der Waals surface area contributed by atoms with Gasteiger partial charge in [0.15, 0.2) is 0 Å². The number of nitrogens with zero attached hydrogens (tertiary/aromatic N) is 3. The summed E-state index contributed by atoms with van der Waals surface area (Å²) in [5.41, 5.74) is 1.97. The zero-order valence-corrected chi connectivity index (χ0v) is 16.3. The molecule has 4 rings (SSSR count). The molecule has 1 aromatic carbocycles. The Morgan fingerprint density at radius 2 is 1.79 bits per heavy atom. The first kappa shape index (κ1) is 19.1. The zero-order valence-electron chi connectivity index (χ0n) is 16.3. The summed E-state index contributed by atoms with van der Waals surface area (Å²) in [5, 5.41) is 2.95. The Kier molecular flexibility index (Phi) is 5.29. The second-order valence-electron chi connectivity index (χ2n) is 7.58. The molecule has 0 unspecified atom stereocenters. The van der Waals surface area contributed by atoms with Gasteiger partial charge in [0.2, 0.25) is 17.7 Å². The largest absolute Gasteiger partial charge is 0.350 e. The molecular formula is C22H24N4O3. The van der Waals surface area contributed by atoms with E-state index in [1.54, 1.807) is 12.5 Å². The Hall–Kier alpha value is -3.22. The fourth-order valence-electron chi connectivity index (χ4n) is 4.05. The van der Waals surface area contributed by atoms with E-state index in [1.807, 2.05) is 54.1 Å². The van der Waals surface area contributed by atoms with Crippen LogP contribution in [0.25, 0.3) is 5.69 Å². The summed E-state index contributed by atoms with van der Waals surface area (Å²) in [6.07, 6.45) is 10.6. The number of amides is 3. The predicted molar refractivity (Wildman–Crippen MR) is 107 cm³/mol. The summed E-state index contributed by atoms with van der Waals surface area (Å²) < 4.78 is 1.91. The van der Waals surface area contributed by atoms with Gasteiger partial charge in [-0.3, -0.25) is 19.3 Å². The molecule has 1 fully saturated rings. The molecular weight excluding hydrogens is 368 g/mol. The van der Waals surface area contributed by atoms with Crippen LogP contribution in [0, 0.1) is 11.8 Å². The van der Waals surface area contributed by atoms with Gasteiger partial charge in [-0.1, -0.05) is 24.3 Å². The number of benzene rings is 1. The van der Waals surface area contributed by atoms with Crippen molar-refractivity contribution in [1.29, 1.82) is 0 Å². The summed E-state index contributed by atoms with van der Waals surface area (Å²) in [6, 6.07) is 7.70. The van der Waals surface area contributed by atoms with Crippen molar-refractivity contribution >= 4 is 17.7 Å². The lowest BCUT2D eigenvalue weighted by Crippen LogP contribution is -2.36. The van der Waals surface area contributed by atoms with Gasteiger partial charge >= 0.3 is 0 Å².